The van der Waals surface area contributed by atoms with Gasteiger partial charge in [0.2, 0.25) is 0 Å². The molecule has 2 saturated heterocycles. The number of likely N-dealkylation sites (tertiary alicyclic amines) is 2. The van der Waals surface area contributed by atoms with Crippen LogP contribution in [-0.2, 0) is 4.74 Å². The number of benzene rings is 1. The van der Waals surface area contributed by atoms with Crippen molar-refractivity contribution in [2.75, 3.05) is 26.2 Å². The lowest BCUT2D eigenvalue weighted by molar-refractivity contribution is 0.0275. The summed E-state index contributed by atoms with van der Waals surface area (Å²) in [5.41, 5.74) is 0.237. The maximum absolute atomic E-state index is 12.6. The maximum Gasteiger partial charge on any atom is 0.410 e. The van der Waals surface area contributed by atoms with Crippen molar-refractivity contribution in [1.82, 2.24) is 9.80 Å². The highest BCUT2D eigenvalue weighted by molar-refractivity contribution is 9.10. The number of rotatable bonds is 1. The first kappa shape index (κ1) is 17.3. The van der Waals surface area contributed by atoms with Crippen LogP contribution in [0.2, 0.25) is 0 Å². The lowest BCUT2D eigenvalue weighted by Gasteiger charge is -2.26. The van der Waals surface area contributed by atoms with Crippen LogP contribution in [0.5, 0.6) is 0 Å². The molecule has 0 saturated carbocycles. The fraction of sp³-hybridized carbons (Fsp3) is 0.556. The molecule has 2 aliphatic heterocycles. The van der Waals surface area contributed by atoms with Crippen molar-refractivity contribution in [2.45, 2.75) is 26.4 Å². The zero-order chi connectivity index (χ0) is 17.5. The Kier molecular flexibility index (Phi) is 4.60. The monoisotopic (exact) mass is 394 g/mol. The van der Waals surface area contributed by atoms with E-state index in [9.17, 15) is 9.59 Å². The zero-order valence-corrected chi connectivity index (χ0v) is 15.9. The Morgan fingerprint density at radius 3 is 2.00 bits per heavy atom. The summed E-state index contributed by atoms with van der Waals surface area (Å²) in [6.07, 6.45) is -0.248. The molecule has 0 radical (unpaired) electrons. The molecule has 130 valence electrons. The highest BCUT2D eigenvalue weighted by Crippen LogP contribution is 2.32. The molecule has 0 aliphatic carbocycles. The molecule has 2 unspecified atom stereocenters. The van der Waals surface area contributed by atoms with Crippen molar-refractivity contribution in [3.63, 3.8) is 0 Å². The highest BCUT2D eigenvalue weighted by Gasteiger charge is 2.44. The molecule has 1 aromatic rings. The van der Waals surface area contributed by atoms with E-state index in [2.05, 4.69) is 15.9 Å². The van der Waals surface area contributed by atoms with Gasteiger partial charge in [0.25, 0.3) is 5.91 Å². The quantitative estimate of drug-likeness (QED) is 0.733. The summed E-state index contributed by atoms with van der Waals surface area (Å²) < 4.78 is 6.41. The van der Waals surface area contributed by atoms with E-state index in [0.29, 0.717) is 43.6 Å². The summed E-state index contributed by atoms with van der Waals surface area (Å²) in [5, 5.41) is 0. The molecule has 2 heterocycles. The van der Waals surface area contributed by atoms with Crippen molar-refractivity contribution < 1.29 is 14.3 Å². The molecule has 24 heavy (non-hydrogen) atoms. The molecular formula is C18H23BrN2O3. The van der Waals surface area contributed by atoms with Crippen LogP contribution >= 0.6 is 15.9 Å². The van der Waals surface area contributed by atoms with E-state index in [1.54, 1.807) is 4.90 Å². The number of halogens is 1. The predicted molar refractivity (Wildman–Crippen MR) is 94.8 cm³/mol. The largest absolute Gasteiger partial charge is 0.444 e. The Bertz CT molecular complexity index is 625. The van der Waals surface area contributed by atoms with Gasteiger partial charge < -0.3 is 14.5 Å². The van der Waals surface area contributed by atoms with Gasteiger partial charge in [-0.1, -0.05) is 15.9 Å². The van der Waals surface area contributed by atoms with Crippen molar-refractivity contribution in [3.8, 4) is 0 Å². The third kappa shape index (κ3) is 3.74. The van der Waals surface area contributed by atoms with E-state index in [1.807, 2.05) is 49.9 Å². The lowest BCUT2D eigenvalue weighted by Crippen LogP contribution is -2.38. The summed E-state index contributed by atoms with van der Waals surface area (Å²) in [6, 6.07) is 7.45. The molecular weight excluding hydrogens is 372 g/mol. The van der Waals surface area contributed by atoms with Gasteiger partial charge in [-0.15, -0.1) is 0 Å². The van der Waals surface area contributed by atoms with E-state index in [4.69, 9.17) is 4.74 Å². The maximum atomic E-state index is 12.6. The molecule has 2 aliphatic rings. The Morgan fingerprint density at radius 2 is 1.50 bits per heavy atom. The summed E-state index contributed by atoms with van der Waals surface area (Å²) >= 11 is 3.38. The van der Waals surface area contributed by atoms with Crippen LogP contribution in [0, 0.1) is 11.8 Å². The molecule has 2 fully saturated rings. The lowest BCUT2D eigenvalue weighted by atomic mass is 10.0. The summed E-state index contributed by atoms with van der Waals surface area (Å²) in [5.74, 6) is 0.759. The van der Waals surface area contributed by atoms with E-state index in [-0.39, 0.29) is 12.0 Å². The van der Waals surface area contributed by atoms with Crippen LogP contribution in [-0.4, -0.2) is 53.6 Å². The molecule has 3 rings (SSSR count). The molecule has 0 N–H and O–H groups in total. The minimum Gasteiger partial charge on any atom is -0.444 e. The number of ether oxygens (including phenoxy) is 1. The van der Waals surface area contributed by atoms with Gasteiger partial charge in [0.15, 0.2) is 0 Å². The number of nitrogens with zero attached hydrogens (tertiary/aromatic N) is 2. The molecule has 0 bridgehead atoms. The third-order valence-corrected chi connectivity index (χ3v) is 5.04. The molecule has 5 nitrogen and oxygen atoms in total. The molecule has 1 aromatic carbocycles. The number of amides is 2. The zero-order valence-electron chi connectivity index (χ0n) is 14.3. The summed E-state index contributed by atoms with van der Waals surface area (Å²) in [7, 11) is 0. The topological polar surface area (TPSA) is 49.9 Å². The van der Waals surface area contributed by atoms with Crippen molar-refractivity contribution >= 4 is 27.9 Å². The van der Waals surface area contributed by atoms with E-state index in [0.717, 1.165) is 4.47 Å². The average Bonchev–Trinajstić information content (AvgIpc) is 3.04. The molecule has 2 amide bonds. The van der Waals surface area contributed by atoms with Crippen LogP contribution in [0.15, 0.2) is 28.7 Å². The number of fused-ring (bicyclic) bond motifs is 1. The fourth-order valence-electron chi connectivity index (χ4n) is 3.41. The van der Waals surface area contributed by atoms with Gasteiger partial charge >= 0.3 is 6.09 Å². The minimum absolute atomic E-state index is 0.0701. The number of hydrogen-bond acceptors (Lipinski definition) is 3. The second-order valence-corrected chi connectivity index (χ2v) is 8.54. The Morgan fingerprint density at radius 1 is 1.00 bits per heavy atom. The predicted octanol–water partition coefficient (Wildman–Crippen LogP) is 3.39. The molecule has 0 spiro atoms. The Labute approximate surface area is 151 Å². The van der Waals surface area contributed by atoms with Crippen molar-refractivity contribution in [3.05, 3.63) is 34.3 Å². The summed E-state index contributed by atoms with van der Waals surface area (Å²) in [6.45, 7) is 8.38. The van der Waals surface area contributed by atoms with Gasteiger partial charge in [-0.3, -0.25) is 4.79 Å². The number of carbonyl (C=O) groups excluding carboxylic acids is 2. The Balaban J connectivity index is 1.58. The smallest absolute Gasteiger partial charge is 0.410 e. The molecule has 0 aromatic heterocycles. The summed E-state index contributed by atoms with van der Waals surface area (Å²) in [4.78, 5) is 28.5. The SMILES string of the molecule is CC(C)(C)OC(=O)N1CC2CN(C(=O)c3ccc(Br)cc3)CC2C1. The minimum atomic E-state index is -0.474. The van der Waals surface area contributed by atoms with Gasteiger partial charge in [0, 0.05) is 48.1 Å². The van der Waals surface area contributed by atoms with Gasteiger partial charge in [-0.05, 0) is 45.0 Å². The fourth-order valence-corrected chi connectivity index (χ4v) is 3.67. The van der Waals surface area contributed by atoms with Crippen LogP contribution in [0.4, 0.5) is 4.79 Å². The van der Waals surface area contributed by atoms with E-state index >= 15 is 0 Å². The van der Waals surface area contributed by atoms with Gasteiger partial charge in [0.05, 0.1) is 0 Å². The van der Waals surface area contributed by atoms with Gasteiger partial charge in [0.1, 0.15) is 5.60 Å². The van der Waals surface area contributed by atoms with Crippen molar-refractivity contribution in [2.24, 2.45) is 11.8 Å². The second kappa shape index (κ2) is 6.39. The van der Waals surface area contributed by atoms with E-state index in [1.165, 1.54) is 0 Å². The molecule has 6 heteroatoms. The first-order valence-electron chi connectivity index (χ1n) is 8.26. The third-order valence-electron chi connectivity index (χ3n) is 4.52. The normalized spacial score (nSPS) is 23.3. The highest BCUT2D eigenvalue weighted by atomic mass is 79.9. The van der Waals surface area contributed by atoms with Crippen LogP contribution in [0.25, 0.3) is 0 Å². The first-order chi connectivity index (χ1) is 11.2. The van der Waals surface area contributed by atoms with Crippen LogP contribution in [0.3, 0.4) is 0 Å². The standard InChI is InChI=1S/C18H23BrN2O3/c1-18(2,3)24-17(23)21-10-13-8-20(9-14(13)11-21)16(22)12-4-6-15(19)7-5-12/h4-7,13-14H,8-11H2,1-3H3. The van der Waals surface area contributed by atoms with Crippen LogP contribution < -0.4 is 0 Å². The number of carbonyl (C=O) groups is 2. The first-order valence-corrected chi connectivity index (χ1v) is 9.05. The van der Waals surface area contributed by atoms with Gasteiger partial charge in [-0.2, -0.15) is 0 Å². The second-order valence-electron chi connectivity index (χ2n) is 7.62. The van der Waals surface area contributed by atoms with Crippen LogP contribution in [0.1, 0.15) is 31.1 Å². The Hall–Kier alpha value is -1.56. The van der Waals surface area contributed by atoms with E-state index < -0.39 is 5.60 Å². The van der Waals surface area contributed by atoms with Crippen molar-refractivity contribution in [1.29, 1.82) is 0 Å². The number of hydrogen-bond donors (Lipinski definition) is 0. The van der Waals surface area contributed by atoms with Gasteiger partial charge in [-0.25, -0.2) is 4.79 Å². The average molecular weight is 395 g/mol. The molecule has 2 atom stereocenters.